The molecule has 0 saturated heterocycles. The van der Waals surface area contributed by atoms with Crippen LogP contribution in [-0.4, -0.2) is 24.2 Å². The molecule has 2 rings (SSSR count). The predicted octanol–water partition coefficient (Wildman–Crippen LogP) is 3.43. The van der Waals surface area contributed by atoms with Gasteiger partial charge in [0.15, 0.2) is 0 Å². The largest absolute Gasteiger partial charge is 0.399 e. The minimum Gasteiger partial charge on any atom is -0.399 e. The Morgan fingerprint density at radius 1 is 1.26 bits per heavy atom. The Morgan fingerprint density at radius 3 is 2.58 bits per heavy atom. The van der Waals surface area contributed by atoms with Gasteiger partial charge in [0.2, 0.25) is 0 Å². The van der Waals surface area contributed by atoms with Gasteiger partial charge in [-0.25, -0.2) is 0 Å². The van der Waals surface area contributed by atoms with Crippen LogP contribution in [0.1, 0.15) is 24.8 Å². The van der Waals surface area contributed by atoms with Crippen molar-refractivity contribution < 1.29 is 13.2 Å². The van der Waals surface area contributed by atoms with E-state index in [1.54, 1.807) is 6.07 Å². The molecular weight excluding hydrogens is 253 g/mol. The lowest BCUT2D eigenvalue weighted by molar-refractivity contribution is -0.138. The number of nitrogens with zero attached hydrogens (tertiary/aromatic N) is 1. The average Bonchev–Trinajstić information content (AvgIpc) is 3.09. The fourth-order valence-corrected chi connectivity index (χ4v) is 2.14. The molecule has 1 aliphatic carbocycles. The zero-order valence-corrected chi connectivity index (χ0v) is 10.8. The van der Waals surface area contributed by atoms with Gasteiger partial charge in [0.1, 0.15) is 0 Å². The highest BCUT2D eigenvalue weighted by Gasteiger charge is 2.30. The first-order valence-corrected chi connectivity index (χ1v) is 6.56. The molecular formula is C14H19F3N2. The molecule has 0 atom stereocenters. The molecule has 1 aromatic carbocycles. The lowest BCUT2D eigenvalue weighted by Gasteiger charge is -2.23. The van der Waals surface area contributed by atoms with Crippen molar-refractivity contribution in [2.45, 2.75) is 32.0 Å². The molecule has 1 aliphatic rings. The van der Waals surface area contributed by atoms with Crippen LogP contribution in [0.3, 0.4) is 0 Å². The maximum atomic E-state index is 12.3. The number of nitrogen functional groups attached to an aromatic ring is 1. The Labute approximate surface area is 111 Å². The average molecular weight is 272 g/mol. The summed E-state index contributed by atoms with van der Waals surface area (Å²) in [5.74, 6) is 0.578. The van der Waals surface area contributed by atoms with Crippen molar-refractivity contribution in [3.8, 4) is 0 Å². The van der Waals surface area contributed by atoms with Gasteiger partial charge in [-0.1, -0.05) is 12.1 Å². The van der Waals surface area contributed by atoms with Crippen molar-refractivity contribution in [1.29, 1.82) is 0 Å². The van der Waals surface area contributed by atoms with E-state index in [9.17, 15) is 13.2 Å². The Bertz CT molecular complexity index is 413. The van der Waals surface area contributed by atoms with Crippen LogP contribution in [0.25, 0.3) is 0 Å². The first kappa shape index (κ1) is 14.2. The smallest absolute Gasteiger partial charge is 0.390 e. The Morgan fingerprint density at radius 2 is 2.00 bits per heavy atom. The predicted molar refractivity (Wildman–Crippen MR) is 69.5 cm³/mol. The molecule has 5 heteroatoms. The summed E-state index contributed by atoms with van der Waals surface area (Å²) in [6.07, 6.45) is -2.56. The molecule has 0 heterocycles. The molecule has 0 radical (unpaired) electrons. The number of nitrogens with two attached hydrogens (primary N) is 1. The van der Waals surface area contributed by atoms with Gasteiger partial charge in [-0.2, -0.15) is 13.2 Å². The molecule has 0 aromatic heterocycles. The van der Waals surface area contributed by atoms with E-state index in [0.29, 0.717) is 18.2 Å². The molecule has 2 nitrogen and oxygen atoms in total. The normalized spacial score (nSPS) is 16.0. The molecule has 0 amide bonds. The summed E-state index contributed by atoms with van der Waals surface area (Å²) < 4.78 is 37.0. The van der Waals surface area contributed by atoms with E-state index in [0.717, 1.165) is 24.9 Å². The van der Waals surface area contributed by atoms with Crippen LogP contribution >= 0.6 is 0 Å². The summed E-state index contributed by atoms with van der Waals surface area (Å²) in [7, 11) is 0. The third kappa shape index (κ3) is 5.51. The second-order valence-electron chi connectivity index (χ2n) is 5.29. The van der Waals surface area contributed by atoms with Crippen molar-refractivity contribution in [3.63, 3.8) is 0 Å². The summed E-state index contributed by atoms with van der Waals surface area (Å²) in [5, 5.41) is 0. The van der Waals surface area contributed by atoms with Crippen molar-refractivity contribution in [2.75, 3.05) is 18.8 Å². The molecule has 0 spiro atoms. The highest BCUT2D eigenvalue weighted by atomic mass is 19.4. The summed E-state index contributed by atoms with van der Waals surface area (Å²) >= 11 is 0. The van der Waals surface area contributed by atoms with E-state index in [-0.39, 0.29) is 6.54 Å². The van der Waals surface area contributed by atoms with Gasteiger partial charge >= 0.3 is 6.18 Å². The van der Waals surface area contributed by atoms with E-state index in [4.69, 9.17) is 5.73 Å². The third-order valence-electron chi connectivity index (χ3n) is 3.28. The SMILES string of the molecule is Nc1cccc(CN(CCC(F)(F)F)CC2CC2)c1. The molecule has 1 fully saturated rings. The molecule has 1 saturated carbocycles. The highest BCUT2D eigenvalue weighted by molar-refractivity contribution is 5.40. The summed E-state index contributed by atoms with van der Waals surface area (Å²) in [5.41, 5.74) is 7.32. The monoisotopic (exact) mass is 272 g/mol. The Balaban J connectivity index is 1.92. The van der Waals surface area contributed by atoms with Gasteiger partial charge in [0.05, 0.1) is 6.42 Å². The van der Waals surface area contributed by atoms with E-state index in [1.165, 1.54) is 0 Å². The second kappa shape index (κ2) is 5.82. The summed E-state index contributed by atoms with van der Waals surface area (Å²) in [4.78, 5) is 1.89. The number of rotatable bonds is 6. The number of benzene rings is 1. The molecule has 0 bridgehead atoms. The van der Waals surface area contributed by atoms with Crippen molar-refractivity contribution in [3.05, 3.63) is 29.8 Å². The van der Waals surface area contributed by atoms with Crippen LogP contribution in [0, 0.1) is 5.92 Å². The van der Waals surface area contributed by atoms with Gasteiger partial charge in [0.25, 0.3) is 0 Å². The highest BCUT2D eigenvalue weighted by Crippen LogP contribution is 2.31. The lowest BCUT2D eigenvalue weighted by atomic mass is 10.2. The van der Waals surface area contributed by atoms with Gasteiger partial charge in [-0.15, -0.1) is 0 Å². The fraction of sp³-hybridized carbons (Fsp3) is 0.571. The van der Waals surface area contributed by atoms with Crippen LogP contribution in [0.4, 0.5) is 18.9 Å². The first-order chi connectivity index (χ1) is 8.92. The van der Waals surface area contributed by atoms with Crippen LogP contribution < -0.4 is 5.73 Å². The van der Waals surface area contributed by atoms with Crippen LogP contribution in [0.2, 0.25) is 0 Å². The standard InChI is InChI=1S/C14H19F3N2/c15-14(16,17)6-7-19(9-11-4-5-11)10-12-2-1-3-13(18)8-12/h1-3,8,11H,4-7,9-10,18H2. The zero-order chi connectivity index (χ0) is 13.9. The van der Waals surface area contributed by atoms with Gasteiger partial charge in [-0.05, 0) is 36.5 Å². The maximum Gasteiger partial charge on any atom is 0.390 e. The molecule has 1 aromatic rings. The molecule has 2 N–H and O–H groups in total. The van der Waals surface area contributed by atoms with Crippen LogP contribution in [0.15, 0.2) is 24.3 Å². The van der Waals surface area contributed by atoms with E-state index in [1.807, 2.05) is 23.1 Å². The number of halogens is 3. The quantitative estimate of drug-likeness (QED) is 0.804. The van der Waals surface area contributed by atoms with E-state index >= 15 is 0 Å². The van der Waals surface area contributed by atoms with Crippen molar-refractivity contribution in [2.24, 2.45) is 5.92 Å². The van der Waals surface area contributed by atoms with Crippen LogP contribution in [0.5, 0.6) is 0 Å². The minimum atomic E-state index is -4.09. The second-order valence-corrected chi connectivity index (χ2v) is 5.29. The number of anilines is 1. The molecule has 0 aliphatic heterocycles. The van der Waals surface area contributed by atoms with E-state index < -0.39 is 12.6 Å². The van der Waals surface area contributed by atoms with Gasteiger partial charge in [0, 0.05) is 25.3 Å². The fourth-order valence-electron chi connectivity index (χ4n) is 2.14. The van der Waals surface area contributed by atoms with Crippen molar-refractivity contribution in [1.82, 2.24) is 4.90 Å². The Kier molecular flexibility index (Phi) is 4.34. The van der Waals surface area contributed by atoms with Gasteiger partial charge in [-0.3, -0.25) is 4.90 Å². The van der Waals surface area contributed by atoms with Crippen LogP contribution in [-0.2, 0) is 6.54 Å². The third-order valence-corrected chi connectivity index (χ3v) is 3.28. The first-order valence-electron chi connectivity index (χ1n) is 6.56. The molecule has 106 valence electrons. The molecule has 19 heavy (non-hydrogen) atoms. The Hall–Kier alpha value is -1.23. The number of hydrogen-bond donors (Lipinski definition) is 1. The number of alkyl halides is 3. The van der Waals surface area contributed by atoms with Gasteiger partial charge < -0.3 is 5.73 Å². The number of hydrogen-bond acceptors (Lipinski definition) is 2. The van der Waals surface area contributed by atoms with Crippen molar-refractivity contribution >= 4 is 5.69 Å². The summed E-state index contributed by atoms with van der Waals surface area (Å²) in [6, 6.07) is 7.35. The maximum absolute atomic E-state index is 12.3. The minimum absolute atomic E-state index is 0.0643. The molecule has 0 unspecified atom stereocenters. The lowest BCUT2D eigenvalue weighted by Crippen LogP contribution is -2.29. The zero-order valence-electron chi connectivity index (χ0n) is 10.8. The topological polar surface area (TPSA) is 29.3 Å². The summed E-state index contributed by atoms with van der Waals surface area (Å²) in [6.45, 7) is 1.36. The van der Waals surface area contributed by atoms with E-state index in [2.05, 4.69) is 0 Å².